The summed E-state index contributed by atoms with van der Waals surface area (Å²) in [4.78, 5) is 13.7. The van der Waals surface area contributed by atoms with Gasteiger partial charge in [0.25, 0.3) is 0 Å². The van der Waals surface area contributed by atoms with Gasteiger partial charge in [-0.2, -0.15) is 5.21 Å². The number of β-amino-alcohol motifs (C(OH)–C–C–N with tert-alkyl or cyclic N) is 1. The maximum atomic E-state index is 12.1. The molecule has 1 aromatic carbocycles. The minimum Gasteiger partial charge on any atom is -0.378 e. The van der Waals surface area contributed by atoms with Crippen LogP contribution in [0.1, 0.15) is 17.0 Å². The van der Waals surface area contributed by atoms with Crippen LogP contribution in [0.5, 0.6) is 0 Å². The zero-order chi connectivity index (χ0) is 14.2. The summed E-state index contributed by atoms with van der Waals surface area (Å²) in [5, 5.41) is 23.5. The molecule has 1 saturated heterocycles. The number of H-pyrrole nitrogens is 1. The summed E-state index contributed by atoms with van der Waals surface area (Å²) in [6.45, 7) is 2.42. The number of aliphatic hydroxyl groups is 1. The van der Waals surface area contributed by atoms with E-state index in [1.165, 1.54) is 0 Å². The van der Waals surface area contributed by atoms with Crippen LogP contribution >= 0.6 is 0 Å². The summed E-state index contributed by atoms with van der Waals surface area (Å²) < 4.78 is 0. The third-order valence-corrected chi connectivity index (χ3v) is 3.50. The van der Waals surface area contributed by atoms with Gasteiger partial charge in [-0.3, -0.25) is 4.79 Å². The van der Waals surface area contributed by atoms with Crippen molar-refractivity contribution in [3.8, 4) is 0 Å². The van der Waals surface area contributed by atoms with E-state index in [4.69, 9.17) is 0 Å². The standard InChI is InChI=1S/C13H15N5O2/c1-9-2-4-10(5-3-9)6-11(19)18-7-13(20,8-18)12-14-16-17-15-12/h2-5,20H,6-8H2,1H3,(H,14,15,16,17). The van der Waals surface area contributed by atoms with Gasteiger partial charge in [-0.15, -0.1) is 10.2 Å². The average Bonchev–Trinajstić information content (AvgIpc) is 2.92. The van der Waals surface area contributed by atoms with Crippen molar-refractivity contribution in [3.63, 3.8) is 0 Å². The zero-order valence-corrected chi connectivity index (χ0v) is 11.1. The number of carbonyl (C=O) groups is 1. The summed E-state index contributed by atoms with van der Waals surface area (Å²) in [5.74, 6) is 0.221. The average molecular weight is 273 g/mol. The van der Waals surface area contributed by atoms with Gasteiger partial charge in [0.1, 0.15) is 0 Å². The number of aryl methyl sites for hydroxylation is 1. The third-order valence-electron chi connectivity index (χ3n) is 3.50. The number of carbonyl (C=O) groups excluding carboxylic acids is 1. The molecule has 1 fully saturated rings. The minimum atomic E-state index is -1.17. The van der Waals surface area contributed by atoms with Crippen LogP contribution in [0.2, 0.25) is 0 Å². The normalized spacial score (nSPS) is 16.8. The van der Waals surface area contributed by atoms with Crippen LogP contribution in [0.15, 0.2) is 24.3 Å². The molecule has 0 bridgehead atoms. The van der Waals surface area contributed by atoms with Gasteiger partial charge in [0.2, 0.25) is 11.7 Å². The van der Waals surface area contributed by atoms with Crippen LogP contribution in [0.4, 0.5) is 0 Å². The Kier molecular flexibility index (Phi) is 2.98. The van der Waals surface area contributed by atoms with E-state index >= 15 is 0 Å². The van der Waals surface area contributed by atoms with Gasteiger partial charge in [0.05, 0.1) is 19.5 Å². The van der Waals surface area contributed by atoms with Gasteiger partial charge >= 0.3 is 0 Å². The summed E-state index contributed by atoms with van der Waals surface area (Å²) in [7, 11) is 0. The molecule has 2 aromatic rings. The highest BCUT2D eigenvalue weighted by molar-refractivity contribution is 5.80. The predicted molar refractivity (Wildman–Crippen MR) is 69.5 cm³/mol. The van der Waals surface area contributed by atoms with E-state index in [0.717, 1.165) is 11.1 Å². The maximum absolute atomic E-state index is 12.1. The lowest BCUT2D eigenvalue weighted by molar-refractivity contribution is -0.158. The maximum Gasteiger partial charge on any atom is 0.227 e. The zero-order valence-electron chi connectivity index (χ0n) is 11.1. The van der Waals surface area contributed by atoms with Crippen molar-refractivity contribution >= 4 is 5.91 Å². The molecule has 7 nitrogen and oxygen atoms in total. The van der Waals surface area contributed by atoms with E-state index in [2.05, 4.69) is 20.6 Å². The number of aromatic nitrogens is 4. The molecule has 1 amide bonds. The molecular weight excluding hydrogens is 258 g/mol. The highest BCUT2D eigenvalue weighted by atomic mass is 16.3. The summed E-state index contributed by atoms with van der Waals surface area (Å²) in [6.07, 6.45) is 0.336. The van der Waals surface area contributed by atoms with Crippen molar-refractivity contribution in [2.75, 3.05) is 13.1 Å². The van der Waals surface area contributed by atoms with E-state index in [0.29, 0.717) is 6.42 Å². The topological polar surface area (TPSA) is 95.0 Å². The molecule has 0 saturated carbocycles. The second-order valence-corrected chi connectivity index (χ2v) is 5.18. The van der Waals surface area contributed by atoms with Crippen LogP contribution in [-0.2, 0) is 16.8 Å². The van der Waals surface area contributed by atoms with Gasteiger partial charge in [-0.1, -0.05) is 35.0 Å². The lowest BCUT2D eigenvalue weighted by atomic mass is 9.92. The number of nitrogens with zero attached hydrogens (tertiary/aromatic N) is 4. The lowest BCUT2D eigenvalue weighted by Gasteiger charge is -2.44. The Morgan fingerprint density at radius 3 is 2.70 bits per heavy atom. The number of nitrogens with one attached hydrogen (secondary N) is 1. The Morgan fingerprint density at radius 2 is 2.10 bits per heavy atom. The van der Waals surface area contributed by atoms with E-state index in [1.807, 2.05) is 31.2 Å². The Morgan fingerprint density at radius 1 is 1.40 bits per heavy atom. The molecule has 0 atom stereocenters. The first-order chi connectivity index (χ1) is 9.57. The number of tetrazole rings is 1. The van der Waals surface area contributed by atoms with Gasteiger partial charge < -0.3 is 10.0 Å². The van der Waals surface area contributed by atoms with Crippen molar-refractivity contribution in [1.82, 2.24) is 25.5 Å². The van der Waals surface area contributed by atoms with Crippen LogP contribution in [-0.4, -0.2) is 49.6 Å². The number of likely N-dealkylation sites (tertiary alicyclic amines) is 1. The summed E-state index contributed by atoms with van der Waals surface area (Å²) in [6, 6.07) is 7.85. The summed E-state index contributed by atoms with van der Waals surface area (Å²) >= 11 is 0. The molecule has 1 aliphatic heterocycles. The number of benzene rings is 1. The molecule has 0 aliphatic carbocycles. The van der Waals surface area contributed by atoms with Crippen LogP contribution in [0.25, 0.3) is 0 Å². The molecule has 1 aliphatic rings. The van der Waals surface area contributed by atoms with E-state index in [-0.39, 0.29) is 24.8 Å². The Bertz CT molecular complexity index is 602. The number of amides is 1. The molecule has 3 rings (SSSR count). The number of rotatable bonds is 3. The first kappa shape index (κ1) is 12.7. The molecule has 0 unspecified atom stereocenters. The van der Waals surface area contributed by atoms with Gasteiger partial charge in [-0.25, -0.2) is 0 Å². The number of hydrogen-bond acceptors (Lipinski definition) is 5. The van der Waals surface area contributed by atoms with Crippen molar-refractivity contribution in [1.29, 1.82) is 0 Å². The van der Waals surface area contributed by atoms with Crippen molar-refractivity contribution in [2.24, 2.45) is 0 Å². The Labute approximate surface area is 115 Å². The van der Waals surface area contributed by atoms with Crippen LogP contribution in [0.3, 0.4) is 0 Å². The van der Waals surface area contributed by atoms with Crippen molar-refractivity contribution < 1.29 is 9.90 Å². The van der Waals surface area contributed by atoms with Gasteiger partial charge in [0.15, 0.2) is 5.60 Å². The van der Waals surface area contributed by atoms with E-state index < -0.39 is 5.60 Å². The molecule has 0 spiro atoms. The first-order valence-corrected chi connectivity index (χ1v) is 6.36. The van der Waals surface area contributed by atoms with Gasteiger partial charge in [-0.05, 0) is 12.5 Å². The molecule has 104 valence electrons. The highest BCUT2D eigenvalue weighted by Crippen LogP contribution is 2.29. The highest BCUT2D eigenvalue weighted by Gasteiger charge is 2.48. The molecule has 2 heterocycles. The lowest BCUT2D eigenvalue weighted by Crippen LogP contribution is -2.62. The fourth-order valence-electron chi connectivity index (χ4n) is 2.25. The summed E-state index contributed by atoms with van der Waals surface area (Å²) in [5.41, 5.74) is 0.961. The predicted octanol–water partition coefficient (Wildman–Crippen LogP) is -0.219. The smallest absolute Gasteiger partial charge is 0.227 e. The Hall–Kier alpha value is -2.28. The molecule has 0 radical (unpaired) electrons. The van der Waals surface area contributed by atoms with E-state index in [9.17, 15) is 9.90 Å². The molecule has 2 N–H and O–H groups in total. The number of aromatic amines is 1. The minimum absolute atomic E-state index is 0.0120. The molecule has 7 heteroatoms. The molecule has 1 aromatic heterocycles. The fourth-order valence-corrected chi connectivity index (χ4v) is 2.25. The largest absolute Gasteiger partial charge is 0.378 e. The third kappa shape index (κ3) is 2.27. The Balaban J connectivity index is 1.60. The SMILES string of the molecule is Cc1ccc(CC(=O)N2CC(O)(c3nn[nH]n3)C2)cc1. The van der Waals surface area contributed by atoms with E-state index in [1.54, 1.807) is 4.90 Å². The van der Waals surface area contributed by atoms with Gasteiger partial charge in [0, 0.05) is 0 Å². The quantitative estimate of drug-likeness (QED) is 0.806. The van der Waals surface area contributed by atoms with Crippen molar-refractivity contribution in [3.05, 3.63) is 41.2 Å². The second-order valence-electron chi connectivity index (χ2n) is 5.18. The van der Waals surface area contributed by atoms with Crippen LogP contribution < -0.4 is 0 Å². The molecule has 20 heavy (non-hydrogen) atoms. The van der Waals surface area contributed by atoms with Crippen molar-refractivity contribution in [2.45, 2.75) is 18.9 Å². The fraction of sp³-hybridized carbons (Fsp3) is 0.385. The number of hydrogen-bond donors (Lipinski definition) is 2. The van der Waals surface area contributed by atoms with Crippen LogP contribution in [0, 0.1) is 6.92 Å². The monoisotopic (exact) mass is 273 g/mol. The first-order valence-electron chi connectivity index (χ1n) is 6.36. The second kappa shape index (κ2) is 4.68. The molecular formula is C13H15N5O2.